The van der Waals surface area contributed by atoms with E-state index < -0.39 is 0 Å². The quantitative estimate of drug-likeness (QED) is 0.163. The van der Waals surface area contributed by atoms with E-state index >= 15 is 0 Å². The summed E-state index contributed by atoms with van der Waals surface area (Å²) < 4.78 is 10.0. The van der Waals surface area contributed by atoms with Crippen LogP contribution in [0.25, 0.3) is 95.7 Å². The van der Waals surface area contributed by atoms with Gasteiger partial charge in [0.1, 0.15) is 5.65 Å². The van der Waals surface area contributed by atoms with Gasteiger partial charge in [0, 0.05) is 64.2 Å². The van der Waals surface area contributed by atoms with Crippen LogP contribution in [0.3, 0.4) is 0 Å². The SMILES string of the molecule is c1ccc(-n2c3ccccc3c3c4ccccc4n(-c4ccc(-c5ccc(N(c6cccc7c6sc6ccccc67)c6cccc7c6sc6ccccc67)cc5)cc4)c32)cc1. The van der Waals surface area contributed by atoms with Gasteiger partial charge in [-0.3, -0.25) is 9.13 Å². The molecule has 0 saturated heterocycles. The molecule has 0 amide bonds. The second-order valence-corrected chi connectivity index (χ2v) is 17.8. The van der Waals surface area contributed by atoms with Crippen molar-refractivity contribution in [3.63, 3.8) is 0 Å². The Morgan fingerprint density at radius 3 is 1.30 bits per heavy atom. The van der Waals surface area contributed by atoms with E-state index in [1.807, 2.05) is 22.7 Å². The fourth-order valence-electron chi connectivity index (χ4n) is 9.63. The number of nitrogens with zero attached hydrogens (tertiary/aromatic N) is 3. The first-order valence-electron chi connectivity index (χ1n) is 20.7. The minimum absolute atomic E-state index is 1.13. The van der Waals surface area contributed by atoms with Crippen molar-refractivity contribution in [3.8, 4) is 22.5 Å². The molecule has 0 unspecified atom stereocenters. The molecule has 0 bridgehead atoms. The third-order valence-corrected chi connectivity index (χ3v) is 14.7. The second kappa shape index (κ2) is 13.5. The summed E-state index contributed by atoms with van der Waals surface area (Å²) in [6, 6.07) is 77.7. The fourth-order valence-corrected chi connectivity index (χ4v) is 12.0. The fraction of sp³-hybridized carbons (Fsp3) is 0. The first kappa shape index (κ1) is 34.4. The van der Waals surface area contributed by atoms with E-state index in [9.17, 15) is 0 Å². The maximum Gasteiger partial charge on any atom is 0.131 e. The lowest BCUT2D eigenvalue weighted by Gasteiger charge is -2.27. The maximum absolute atomic E-state index is 2.48. The number of anilines is 3. The Kier molecular flexibility index (Phi) is 7.65. The highest BCUT2D eigenvalue weighted by Gasteiger charge is 2.23. The Morgan fingerprint density at radius 1 is 0.328 bits per heavy atom. The zero-order valence-corrected chi connectivity index (χ0v) is 34.5. The normalized spacial score (nSPS) is 11.9. The van der Waals surface area contributed by atoms with E-state index in [1.54, 1.807) is 0 Å². The van der Waals surface area contributed by atoms with Gasteiger partial charge >= 0.3 is 0 Å². The molecule has 61 heavy (non-hydrogen) atoms. The summed E-state index contributed by atoms with van der Waals surface area (Å²) in [5, 5.41) is 8.98. The molecule has 3 nitrogen and oxygen atoms in total. The molecule has 4 heterocycles. The summed E-state index contributed by atoms with van der Waals surface area (Å²) in [5.74, 6) is 0. The van der Waals surface area contributed by atoms with Gasteiger partial charge in [-0.25, -0.2) is 0 Å². The largest absolute Gasteiger partial charge is 0.308 e. The van der Waals surface area contributed by atoms with Gasteiger partial charge in [-0.05, 0) is 83.9 Å². The van der Waals surface area contributed by atoms with Crippen LogP contribution in [-0.2, 0) is 0 Å². The Morgan fingerprint density at radius 2 is 0.754 bits per heavy atom. The van der Waals surface area contributed by atoms with Gasteiger partial charge in [0.15, 0.2) is 0 Å². The zero-order valence-electron chi connectivity index (χ0n) is 32.9. The predicted molar refractivity (Wildman–Crippen MR) is 264 cm³/mol. The minimum atomic E-state index is 1.13. The van der Waals surface area contributed by atoms with Gasteiger partial charge in [0.2, 0.25) is 0 Å². The molecule has 286 valence electrons. The summed E-state index contributed by atoms with van der Waals surface area (Å²) in [6.07, 6.45) is 0. The molecule has 0 spiro atoms. The van der Waals surface area contributed by atoms with E-state index in [0.717, 1.165) is 17.1 Å². The molecule has 0 N–H and O–H groups in total. The Balaban J connectivity index is 0.949. The number of benzene rings is 9. The van der Waals surface area contributed by atoms with Gasteiger partial charge in [-0.15, -0.1) is 22.7 Å². The van der Waals surface area contributed by atoms with Gasteiger partial charge in [-0.1, -0.05) is 140 Å². The average molecular weight is 814 g/mol. The molecule has 0 fully saturated rings. The van der Waals surface area contributed by atoms with E-state index in [0.29, 0.717) is 0 Å². The number of thiophene rings is 2. The van der Waals surface area contributed by atoms with Crippen LogP contribution in [0.1, 0.15) is 0 Å². The minimum Gasteiger partial charge on any atom is -0.308 e. The summed E-state index contributed by atoms with van der Waals surface area (Å²) in [5.41, 5.74) is 11.7. The topological polar surface area (TPSA) is 13.1 Å². The van der Waals surface area contributed by atoms with Crippen LogP contribution in [0.2, 0.25) is 0 Å². The molecular formula is C56H35N3S2. The number of para-hydroxylation sites is 3. The van der Waals surface area contributed by atoms with E-state index in [2.05, 4.69) is 226 Å². The van der Waals surface area contributed by atoms with Crippen molar-refractivity contribution in [3.05, 3.63) is 212 Å². The molecule has 0 aliphatic carbocycles. The van der Waals surface area contributed by atoms with Crippen molar-refractivity contribution in [2.75, 3.05) is 4.90 Å². The van der Waals surface area contributed by atoms with Crippen LogP contribution < -0.4 is 4.90 Å². The van der Waals surface area contributed by atoms with Crippen molar-refractivity contribution in [1.82, 2.24) is 9.13 Å². The van der Waals surface area contributed by atoms with Gasteiger partial charge < -0.3 is 4.90 Å². The third-order valence-electron chi connectivity index (χ3n) is 12.3. The summed E-state index contributed by atoms with van der Waals surface area (Å²) in [4.78, 5) is 2.48. The lowest BCUT2D eigenvalue weighted by molar-refractivity contribution is 1.07. The van der Waals surface area contributed by atoms with E-state index in [4.69, 9.17) is 0 Å². The average Bonchev–Trinajstić information content (AvgIpc) is 4.08. The van der Waals surface area contributed by atoms with Gasteiger partial charge in [0.05, 0.1) is 31.8 Å². The molecule has 9 aromatic carbocycles. The van der Waals surface area contributed by atoms with Crippen molar-refractivity contribution < 1.29 is 0 Å². The molecule has 0 aliphatic rings. The van der Waals surface area contributed by atoms with Crippen molar-refractivity contribution in [2.45, 2.75) is 0 Å². The second-order valence-electron chi connectivity index (χ2n) is 15.7. The van der Waals surface area contributed by atoms with Crippen LogP contribution in [0.5, 0.6) is 0 Å². The van der Waals surface area contributed by atoms with Crippen LogP contribution >= 0.6 is 22.7 Å². The standard InChI is InChI=1S/C56H35N3S2/c1-2-14-38(15-3-1)58-47-22-8-4-18-45(47)53-46-19-5-9-23-48(46)59(56(53)58)40-34-30-37(31-35-40)36-28-32-39(33-29-36)57(49-24-12-20-43-41-16-6-10-26-51(41)60-54(43)49)50-25-13-21-44-42-17-7-11-27-52(42)61-55(44)50/h1-35H. The highest BCUT2D eigenvalue weighted by Crippen LogP contribution is 2.49. The van der Waals surface area contributed by atoms with Gasteiger partial charge in [0.25, 0.3) is 0 Å². The summed E-state index contributed by atoms with van der Waals surface area (Å²) >= 11 is 3.75. The first-order chi connectivity index (χ1) is 30.3. The van der Waals surface area contributed by atoms with Crippen LogP contribution in [0, 0.1) is 0 Å². The Bertz CT molecular complexity index is 3700. The molecular weight excluding hydrogens is 779 g/mol. The summed E-state index contributed by atoms with van der Waals surface area (Å²) in [7, 11) is 0. The highest BCUT2D eigenvalue weighted by atomic mass is 32.1. The van der Waals surface area contributed by atoms with Crippen molar-refractivity contribution in [1.29, 1.82) is 0 Å². The Labute approximate surface area is 359 Å². The lowest BCUT2D eigenvalue weighted by atomic mass is 10.0. The predicted octanol–water partition coefficient (Wildman–Crippen LogP) is 16.6. The monoisotopic (exact) mass is 813 g/mol. The number of hydrogen-bond acceptors (Lipinski definition) is 3. The maximum atomic E-state index is 2.48. The number of rotatable bonds is 6. The third kappa shape index (κ3) is 5.21. The molecule has 0 aliphatic heterocycles. The number of hydrogen-bond donors (Lipinski definition) is 0. The molecule has 13 rings (SSSR count). The highest BCUT2D eigenvalue weighted by molar-refractivity contribution is 7.27. The molecule has 13 aromatic rings. The molecule has 0 atom stereocenters. The van der Waals surface area contributed by atoms with Gasteiger partial charge in [-0.2, -0.15) is 0 Å². The number of aromatic nitrogens is 2. The van der Waals surface area contributed by atoms with Crippen LogP contribution in [-0.4, -0.2) is 9.13 Å². The smallest absolute Gasteiger partial charge is 0.131 e. The van der Waals surface area contributed by atoms with Crippen LogP contribution in [0.15, 0.2) is 212 Å². The zero-order chi connectivity index (χ0) is 40.0. The first-order valence-corrected chi connectivity index (χ1v) is 22.3. The van der Waals surface area contributed by atoms with E-state index in [-0.39, 0.29) is 0 Å². The van der Waals surface area contributed by atoms with Crippen LogP contribution in [0.4, 0.5) is 17.1 Å². The molecule has 0 saturated carbocycles. The van der Waals surface area contributed by atoms with E-state index in [1.165, 1.54) is 95.7 Å². The van der Waals surface area contributed by atoms with Crippen molar-refractivity contribution >= 4 is 113 Å². The summed E-state index contributed by atoms with van der Waals surface area (Å²) in [6.45, 7) is 0. The Hall–Kier alpha value is -7.44. The molecule has 4 aromatic heterocycles. The lowest BCUT2D eigenvalue weighted by Crippen LogP contribution is -2.10. The molecule has 5 heteroatoms. The molecule has 0 radical (unpaired) electrons. The number of fused-ring (bicyclic) bond motifs is 11. The van der Waals surface area contributed by atoms with Crippen molar-refractivity contribution in [2.24, 2.45) is 0 Å².